The first-order valence-corrected chi connectivity index (χ1v) is 6.49. The number of carbonyl (C=O) groups is 2. The maximum absolute atomic E-state index is 12.2. The Hall–Kier alpha value is -2.24. The number of amides is 2. The highest BCUT2D eigenvalue weighted by Crippen LogP contribution is 2.31. The summed E-state index contributed by atoms with van der Waals surface area (Å²) < 4.78 is 5.54. The van der Waals surface area contributed by atoms with Crippen LogP contribution in [0.2, 0.25) is 0 Å². The van der Waals surface area contributed by atoms with Crippen molar-refractivity contribution < 1.29 is 14.3 Å². The molecule has 0 fully saturated rings. The lowest BCUT2D eigenvalue weighted by atomic mass is 9.92. The van der Waals surface area contributed by atoms with Gasteiger partial charge in [-0.25, -0.2) is 0 Å². The minimum Gasteiger partial charge on any atom is -0.489 e. The summed E-state index contributed by atoms with van der Waals surface area (Å²) in [5.74, 6) is -0.182. The van der Waals surface area contributed by atoms with Crippen LogP contribution in [0.15, 0.2) is 18.2 Å². The fourth-order valence-electron chi connectivity index (χ4n) is 1.83. The molecule has 20 heavy (non-hydrogen) atoms. The number of anilines is 1. The van der Waals surface area contributed by atoms with Gasteiger partial charge in [0.1, 0.15) is 6.61 Å². The van der Waals surface area contributed by atoms with Gasteiger partial charge in [-0.15, -0.1) is 0 Å². The molecule has 6 heteroatoms. The molecule has 1 aliphatic rings. The van der Waals surface area contributed by atoms with E-state index < -0.39 is 11.3 Å². The molecule has 6 nitrogen and oxygen atoms in total. The molecular weight excluding hydrogens is 258 g/mol. The molecule has 0 atom stereocenters. The molecule has 1 aromatic rings. The highest BCUT2D eigenvalue weighted by Gasteiger charge is 2.26. The molecule has 2 rings (SSSR count). The molecule has 0 unspecified atom stereocenters. The summed E-state index contributed by atoms with van der Waals surface area (Å²) >= 11 is 0. The van der Waals surface area contributed by atoms with Crippen LogP contribution in [0.3, 0.4) is 0 Å². The maximum Gasteiger partial charge on any atom is 0.255 e. The normalized spacial score (nSPS) is 13.7. The van der Waals surface area contributed by atoms with E-state index in [0.29, 0.717) is 24.5 Å². The van der Waals surface area contributed by atoms with E-state index in [-0.39, 0.29) is 12.5 Å². The van der Waals surface area contributed by atoms with Crippen LogP contribution in [-0.4, -0.2) is 31.5 Å². The molecule has 0 aliphatic carbocycles. The fraction of sp³-hybridized carbons (Fsp3) is 0.429. The minimum atomic E-state index is -0.788. The number of hydrogen-bond acceptors (Lipinski definition) is 4. The van der Waals surface area contributed by atoms with Gasteiger partial charge in [0.25, 0.3) is 5.91 Å². The summed E-state index contributed by atoms with van der Waals surface area (Å²) in [5.41, 5.74) is 5.75. The van der Waals surface area contributed by atoms with E-state index >= 15 is 0 Å². The highest BCUT2D eigenvalue weighted by molar-refractivity contribution is 5.99. The number of carbonyl (C=O) groups excluding carboxylic acids is 2. The van der Waals surface area contributed by atoms with E-state index in [1.54, 1.807) is 26.0 Å². The zero-order valence-electron chi connectivity index (χ0n) is 11.7. The van der Waals surface area contributed by atoms with Gasteiger partial charge < -0.3 is 21.1 Å². The van der Waals surface area contributed by atoms with Crippen molar-refractivity contribution in [3.63, 3.8) is 0 Å². The van der Waals surface area contributed by atoms with E-state index in [9.17, 15) is 9.59 Å². The lowest BCUT2D eigenvalue weighted by Gasteiger charge is -2.23. The molecule has 0 saturated carbocycles. The van der Waals surface area contributed by atoms with Crippen LogP contribution in [0, 0.1) is 5.41 Å². The van der Waals surface area contributed by atoms with Crippen LogP contribution in [0.5, 0.6) is 5.75 Å². The van der Waals surface area contributed by atoms with Crippen LogP contribution < -0.4 is 21.1 Å². The second-order valence-corrected chi connectivity index (χ2v) is 5.39. The topological polar surface area (TPSA) is 93.4 Å². The van der Waals surface area contributed by atoms with Crippen LogP contribution in [0.1, 0.15) is 24.2 Å². The first-order chi connectivity index (χ1) is 9.42. The molecule has 0 radical (unpaired) electrons. The van der Waals surface area contributed by atoms with E-state index in [0.717, 1.165) is 5.69 Å². The van der Waals surface area contributed by atoms with Gasteiger partial charge in [0.05, 0.1) is 16.7 Å². The minimum absolute atomic E-state index is 0.179. The second-order valence-electron chi connectivity index (χ2n) is 5.39. The van der Waals surface area contributed by atoms with Crippen molar-refractivity contribution in [3.05, 3.63) is 23.8 Å². The van der Waals surface area contributed by atoms with E-state index in [4.69, 9.17) is 10.5 Å². The Labute approximate surface area is 117 Å². The van der Waals surface area contributed by atoms with Gasteiger partial charge in [-0.2, -0.15) is 0 Å². The van der Waals surface area contributed by atoms with Crippen molar-refractivity contribution in [2.75, 3.05) is 25.0 Å². The average Bonchev–Trinajstić information content (AvgIpc) is 2.44. The highest BCUT2D eigenvalue weighted by atomic mass is 16.5. The van der Waals surface area contributed by atoms with Crippen LogP contribution in [-0.2, 0) is 4.79 Å². The Kier molecular flexibility index (Phi) is 3.83. The molecule has 108 valence electrons. The number of nitrogens with two attached hydrogens (primary N) is 1. The van der Waals surface area contributed by atoms with Crippen LogP contribution >= 0.6 is 0 Å². The molecule has 0 spiro atoms. The molecule has 0 aromatic heterocycles. The van der Waals surface area contributed by atoms with Crippen molar-refractivity contribution in [1.82, 2.24) is 5.32 Å². The van der Waals surface area contributed by atoms with Crippen molar-refractivity contribution in [1.29, 1.82) is 0 Å². The summed E-state index contributed by atoms with van der Waals surface area (Å²) in [6.45, 7) is 4.79. The molecular formula is C14H19N3O3. The number of para-hydroxylation sites is 1. The van der Waals surface area contributed by atoms with Gasteiger partial charge in [-0.3, -0.25) is 9.59 Å². The molecule has 1 heterocycles. The Morgan fingerprint density at radius 1 is 1.45 bits per heavy atom. The zero-order chi connectivity index (χ0) is 14.8. The van der Waals surface area contributed by atoms with E-state index in [1.807, 2.05) is 6.07 Å². The third kappa shape index (κ3) is 2.84. The summed E-state index contributed by atoms with van der Waals surface area (Å²) in [5, 5.41) is 5.89. The summed E-state index contributed by atoms with van der Waals surface area (Å²) in [4.78, 5) is 23.5. The smallest absolute Gasteiger partial charge is 0.255 e. The van der Waals surface area contributed by atoms with Gasteiger partial charge in [0.2, 0.25) is 5.91 Å². The molecule has 0 saturated heterocycles. The Morgan fingerprint density at radius 3 is 2.90 bits per heavy atom. The van der Waals surface area contributed by atoms with E-state index in [2.05, 4.69) is 10.6 Å². The Morgan fingerprint density at radius 2 is 2.20 bits per heavy atom. The van der Waals surface area contributed by atoms with Crippen molar-refractivity contribution >= 4 is 17.5 Å². The third-order valence-electron chi connectivity index (χ3n) is 3.28. The van der Waals surface area contributed by atoms with Gasteiger partial charge in [-0.05, 0) is 26.0 Å². The average molecular weight is 277 g/mol. The van der Waals surface area contributed by atoms with Crippen molar-refractivity contribution in [2.24, 2.45) is 11.1 Å². The summed E-state index contributed by atoms with van der Waals surface area (Å²) in [6.07, 6.45) is 0. The van der Waals surface area contributed by atoms with E-state index in [1.165, 1.54) is 0 Å². The van der Waals surface area contributed by atoms with Gasteiger partial charge in [0, 0.05) is 13.1 Å². The predicted molar refractivity (Wildman–Crippen MR) is 75.7 cm³/mol. The number of rotatable bonds is 4. The number of nitrogens with one attached hydrogen (secondary N) is 2. The maximum atomic E-state index is 12.2. The molecule has 2 amide bonds. The first kappa shape index (κ1) is 14.2. The Balaban J connectivity index is 2.12. The van der Waals surface area contributed by atoms with Gasteiger partial charge in [0.15, 0.2) is 5.75 Å². The monoisotopic (exact) mass is 277 g/mol. The lowest BCUT2D eigenvalue weighted by molar-refractivity contribution is -0.125. The molecule has 0 bridgehead atoms. The molecule has 1 aliphatic heterocycles. The number of primary amides is 1. The lowest BCUT2D eigenvalue weighted by Crippen LogP contribution is -2.42. The number of benzene rings is 1. The fourth-order valence-corrected chi connectivity index (χ4v) is 1.83. The second kappa shape index (κ2) is 5.40. The van der Waals surface area contributed by atoms with Crippen molar-refractivity contribution in [2.45, 2.75) is 13.8 Å². The predicted octanol–water partition coefficient (Wildman–Crippen LogP) is 0.732. The van der Waals surface area contributed by atoms with Crippen molar-refractivity contribution in [3.8, 4) is 5.75 Å². The first-order valence-electron chi connectivity index (χ1n) is 6.49. The standard InChI is InChI=1S/C14H19N3O3/c1-14(2,13(15)19)8-17-12(18)9-4-3-5-10-11(9)20-7-6-16-10/h3-5,16H,6-8H2,1-2H3,(H2,15,19)(H,17,18). The quantitative estimate of drug-likeness (QED) is 0.756. The third-order valence-corrected chi connectivity index (χ3v) is 3.28. The molecule has 4 N–H and O–H groups in total. The van der Waals surface area contributed by atoms with Crippen LogP contribution in [0.4, 0.5) is 5.69 Å². The van der Waals surface area contributed by atoms with Crippen LogP contribution in [0.25, 0.3) is 0 Å². The van der Waals surface area contributed by atoms with Gasteiger partial charge >= 0.3 is 0 Å². The molecule has 1 aromatic carbocycles. The number of fused-ring (bicyclic) bond motifs is 1. The SMILES string of the molecule is CC(C)(CNC(=O)c1cccc2c1OCCN2)C(N)=O. The number of ether oxygens (including phenoxy) is 1. The number of hydrogen-bond donors (Lipinski definition) is 3. The van der Waals surface area contributed by atoms with Gasteiger partial charge in [-0.1, -0.05) is 6.07 Å². The zero-order valence-corrected chi connectivity index (χ0v) is 11.7. The summed E-state index contributed by atoms with van der Waals surface area (Å²) in [7, 11) is 0. The largest absolute Gasteiger partial charge is 0.489 e. The summed E-state index contributed by atoms with van der Waals surface area (Å²) in [6, 6.07) is 5.34. The Bertz CT molecular complexity index is 540.